The molecule has 1 aliphatic rings. The molecule has 1 atom stereocenters. The molecule has 0 aromatic heterocycles. The van der Waals surface area contributed by atoms with Crippen LogP contribution in [0.2, 0.25) is 0 Å². The van der Waals surface area contributed by atoms with Crippen molar-refractivity contribution in [2.45, 2.75) is 25.7 Å². The third-order valence-corrected chi connectivity index (χ3v) is 6.95. The molecule has 0 saturated heterocycles. The van der Waals surface area contributed by atoms with Crippen molar-refractivity contribution in [2.24, 2.45) is 0 Å². The Morgan fingerprint density at radius 3 is 2.64 bits per heavy atom. The molecule has 2 aromatic carbocycles. The molecule has 1 aliphatic carbocycles. The predicted octanol–water partition coefficient (Wildman–Crippen LogP) is 5.20. The van der Waals surface area contributed by atoms with Crippen LogP contribution in [0.3, 0.4) is 0 Å². The fraction of sp³-hybridized carbons (Fsp3) is 0.238. The summed E-state index contributed by atoms with van der Waals surface area (Å²) in [4.78, 5) is 0. The number of aliphatic hydroxyl groups is 1. The molecule has 7 heteroatoms. The van der Waals surface area contributed by atoms with Crippen LogP contribution >= 0.6 is 9.24 Å². The van der Waals surface area contributed by atoms with Crippen molar-refractivity contribution in [3.8, 4) is 5.75 Å². The average molecular weight is 417 g/mol. The van der Waals surface area contributed by atoms with Gasteiger partial charge in [0.1, 0.15) is 18.1 Å². The largest absolute Gasteiger partial charge is 0.509 e. The minimum absolute atomic E-state index is 0.0337. The quantitative estimate of drug-likeness (QED) is 0.352. The van der Waals surface area contributed by atoms with Crippen LogP contribution in [0.5, 0.6) is 5.75 Å². The van der Waals surface area contributed by atoms with Gasteiger partial charge in [0.2, 0.25) is 0 Å². The molecule has 0 amide bonds. The Morgan fingerprint density at radius 1 is 1.36 bits per heavy atom. The summed E-state index contributed by atoms with van der Waals surface area (Å²) >= 11 is 0. The molecule has 0 aliphatic heterocycles. The van der Waals surface area contributed by atoms with Crippen molar-refractivity contribution in [1.29, 1.82) is 0 Å². The summed E-state index contributed by atoms with van der Waals surface area (Å²) in [7, 11) is -1.54. The second kappa shape index (κ2) is 8.38. The fourth-order valence-corrected chi connectivity index (χ4v) is 4.18. The molecule has 0 bridgehead atoms. The van der Waals surface area contributed by atoms with E-state index in [9.17, 15) is 13.5 Å². The minimum Gasteiger partial charge on any atom is -0.509 e. The number of ether oxygens (including phenoxy) is 1. The molecule has 0 heterocycles. The standard InChI is InChI=1S/C21H24NO4PS/c1-3-7-20(27)28(24,25)22-18-12-19(26-13-15(23)4-2)21(14-10-11-14)17-9-6-5-8-16(17)18/h3-9,12,14,22-23H,1,10-11,13,27H2,2H3/b15-4+,20-7+. The van der Waals surface area contributed by atoms with Gasteiger partial charge in [0.15, 0.2) is 0 Å². The maximum absolute atomic E-state index is 12.7. The summed E-state index contributed by atoms with van der Waals surface area (Å²) < 4.78 is 33.9. The summed E-state index contributed by atoms with van der Waals surface area (Å²) in [5.41, 5.74) is 1.50. The number of sulfonamides is 1. The highest BCUT2D eigenvalue weighted by molar-refractivity contribution is 8.01. The second-order valence-electron chi connectivity index (χ2n) is 6.63. The van der Waals surface area contributed by atoms with Gasteiger partial charge in [0.05, 0.1) is 10.3 Å². The number of fused-ring (bicyclic) bond motifs is 1. The van der Waals surface area contributed by atoms with E-state index in [4.69, 9.17) is 4.74 Å². The first-order valence-electron chi connectivity index (χ1n) is 9.01. The molecule has 1 saturated carbocycles. The molecule has 1 fully saturated rings. The number of nitrogens with one attached hydrogen (secondary N) is 1. The number of hydrogen-bond donors (Lipinski definition) is 2. The molecule has 28 heavy (non-hydrogen) atoms. The van der Waals surface area contributed by atoms with Gasteiger partial charge in [-0.1, -0.05) is 46.2 Å². The van der Waals surface area contributed by atoms with Crippen LogP contribution in [0.15, 0.2) is 65.5 Å². The smallest absolute Gasteiger partial charge is 0.261 e. The van der Waals surface area contributed by atoms with Gasteiger partial charge >= 0.3 is 0 Å². The Labute approximate surface area is 168 Å². The van der Waals surface area contributed by atoms with Crippen molar-refractivity contribution >= 4 is 35.7 Å². The highest BCUT2D eigenvalue weighted by Crippen LogP contribution is 2.49. The van der Waals surface area contributed by atoms with Gasteiger partial charge in [-0.05, 0) is 43.2 Å². The first kappa shape index (κ1) is 20.4. The maximum atomic E-state index is 12.7. The van der Waals surface area contributed by atoms with E-state index in [1.165, 1.54) is 12.2 Å². The van der Waals surface area contributed by atoms with E-state index >= 15 is 0 Å². The zero-order valence-electron chi connectivity index (χ0n) is 15.7. The molecule has 5 nitrogen and oxygen atoms in total. The lowest BCUT2D eigenvalue weighted by Gasteiger charge is -2.18. The third kappa shape index (κ3) is 4.40. The van der Waals surface area contributed by atoms with E-state index in [1.54, 1.807) is 19.1 Å². The number of anilines is 1. The number of rotatable bonds is 8. The van der Waals surface area contributed by atoms with Crippen LogP contribution in [0, 0.1) is 0 Å². The Morgan fingerprint density at radius 2 is 2.04 bits per heavy atom. The van der Waals surface area contributed by atoms with Gasteiger partial charge in [-0.15, -0.1) is 0 Å². The minimum atomic E-state index is -3.75. The van der Waals surface area contributed by atoms with E-state index in [1.807, 2.05) is 24.3 Å². The lowest BCUT2D eigenvalue weighted by Crippen LogP contribution is -2.13. The number of allylic oxidation sites excluding steroid dienone is 3. The van der Waals surface area contributed by atoms with E-state index in [2.05, 4.69) is 20.5 Å². The molecular weight excluding hydrogens is 393 g/mol. The van der Waals surface area contributed by atoms with Crippen molar-refractivity contribution in [3.05, 3.63) is 71.1 Å². The summed E-state index contributed by atoms with van der Waals surface area (Å²) in [5.74, 6) is 1.10. The summed E-state index contributed by atoms with van der Waals surface area (Å²) in [6.45, 7) is 5.30. The molecule has 2 N–H and O–H groups in total. The van der Waals surface area contributed by atoms with Crippen LogP contribution in [-0.4, -0.2) is 20.1 Å². The Hall–Kier alpha value is -2.30. The third-order valence-electron chi connectivity index (χ3n) is 4.58. The zero-order valence-corrected chi connectivity index (χ0v) is 17.7. The van der Waals surface area contributed by atoms with Crippen molar-refractivity contribution in [2.75, 3.05) is 11.3 Å². The van der Waals surface area contributed by atoms with Crippen LogP contribution in [0.4, 0.5) is 5.69 Å². The van der Waals surface area contributed by atoms with Crippen LogP contribution in [0.1, 0.15) is 31.2 Å². The molecule has 1 unspecified atom stereocenters. The fourth-order valence-electron chi connectivity index (χ4n) is 3.01. The average Bonchev–Trinajstić information content (AvgIpc) is 3.51. The van der Waals surface area contributed by atoms with Gasteiger partial charge in [0.25, 0.3) is 10.0 Å². The zero-order chi connectivity index (χ0) is 20.3. The van der Waals surface area contributed by atoms with E-state index in [0.717, 1.165) is 29.2 Å². The van der Waals surface area contributed by atoms with Gasteiger partial charge < -0.3 is 9.84 Å². The molecule has 0 spiro atoms. The number of hydrogen-bond acceptors (Lipinski definition) is 4. The maximum Gasteiger partial charge on any atom is 0.261 e. The predicted molar refractivity (Wildman–Crippen MR) is 118 cm³/mol. The lowest BCUT2D eigenvalue weighted by molar-refractivity contribution is 0.268. The molecular formula is C21H24NO4PS. The molecule has 0 radical (unpaired) electrons. The number of aliphatic hydroxyl groups excluding tert-OH is 1. The van der Waals surface area contributed by atoms with E-state index in [-0.39, 0.29) is 17.0 Å². The topological polar surface area (TPSA) is 75.6 Å². The first-order chi connectivity index (χ1) is 13.4. The Kier molecular flexibility index (Phi) is 6.11. The summed E-state index contributed by atoms with van der Waals surface area (Å²) in [6, 6.07) is 9.39. The van der Waals surface area contributed by atoms with Crippen LogP contribution in [0.25, 0.3) is 10.8 Å². The first-order valence-corrected chi connectivity index (χ1v) is 11.1. The molecule has 148 valence electrons. The summed E-state index contributed by atoms with van der Waals surface area (Å²) in [6.07, 6.45) is 6.54. The van der Waals surface area contributed by atoms with Crippen molar-refractivity contribution in [1.82, 2.24) is 0 Å². The van der Waals surface area contributed by atoms with Gasteiger partial charge in [-0.3, -0.25) is 4.72 Å². The van der Waals surface area contributed by atoms with Crippen LogP contribution < -0.4 is 9.46 Å². The normalized spacial score (nSPS) is 15.5. The Bertz CT molecular complexity index is 1070. The lowest BCUT2D eigenvalue weighted by atomic mass is 9.98. The highest BCUT2D eigenvalue weighted by atomic mass is 32.2. The van der Waals surface area contributed by atoms with Crippen molar-refractivity contribution in [3.63, 3.8) is 0 Å². The molecule has 3 rings (SSSR count). The van der Waals surface area contributed by atoms with Crippen LogP contribution in [-0.2, 0) is 10.0 Å². The summed E-state index contributed by atoms with van der Waals surface area (Å²) in [5, 5.41) is 11.5. The second-order valence-corrected chi connectivity index (χ2v) is 9.36. The highest BCUT2D eigenvalue weighted by Gasteiger charge is 2.30. The van der Waals surface area contributed by atoms with Gasteiger partial charge in [-0.25, -0.2) is 8.42 Å². The van der Waals surface area contributed by atoms with Gasteiger partial charge in [-0.2, -0.15) is 0 Å². The SMILES string of the molecule is C=C/C=C(\P)S(=O)(=O)Nc1cc(OC/C(O)=C\C)c(C2CC2)c2ccccc12. The van der Waals surface area contributed by atoms with Gasteiger partial charge in [0, 0.05) is 17.0 Å². The Balaban J connectivity index is 2.13. The monoisotopic (exact) mass is 417 g/mol. The van der Waals surface area contributed by atoms with E-state index < -0.39 is 10.0 Å². The number of benzene rings is 2. The molecule has 2 aromatic rings. The van der Waals surface area contributed by atoms with E-state index in [0.29, 0.717) is 17.4 Å². The van der Waals surface area contributed by atoms with Crippen molar-refractivity contribution < 1.29 is 18.3 Å².